The zero-order valence-corrected chi connectivity index (χ0v) is 11.2. The molecule has 0 radical (unpaired) electrons. The Morgan fingerprint density at radius 3 is 2.81 bits per heavy atom. The van der Waals surface area contributed by atoms with Gasteiger partial charge in [0.1, 0.15) is 5.56 Å². The highest BCUT2D eigenvalue weighted by atomic mass is 16.2. The average Bonchev–Trinajstić information content (AvgIpc) is 2.69. The molecule has 1 aromatic carbocycles. The molecule has 0 bridgehead atoms. The molecular formula is C14H14N4O3. The van der Waals surface area contributed by atoms with Crippen LogP contribution >= 0.6 is 0 Å². The summed E-state index contributed by atoms with van der Waals surface area (Å²) in [6.45, 7) is 1.75. The van der Waals surface area contributed by atoms with E-state index in [1.165, 1.54) is 0 Å². The Bertz CT molecular complexity index is 793. The number of nitrogens with one attached hydrogen (secondary N) is 3. The Balaban J connectivity index is 2.05. The van der Waals surface area contributed by atoms with Gasteiger partial charge >= 0.3 is 5.69 Å². The number of nitrogens with zero attached hydrogens (tertiary/aromatic N) is 1. The van der Waals surface area contributed by atoms with Gasteiger partial charge in [-0.1, -0.05) is 18.2 Å². The van der Waals surface area contributed by atoms with Crippen molar-refractivity contribution in [2.24, 2.45) is 0 Å². The summed E-state index contributed by atoms with van der Waals surface area (Å²) in [6, 6.07) is 7.54. The smallest absolute Gasteiger partial charge is 0.313 e. The van der Waals surface area contributed by atoms with E-state index in [-0.39, 0.29) is 5.56 Å². The van der Waals surface area contributed by atoms with Gasteiger partial charge in [0.25, 0.3) is 11.5 Å². The maximum absolute atomic E-state index is 12.6. The summed E-state index contributed by atoms with van der Waals surface area (Å²) in [5.41, 5.74) is 0.376. The van der Waals surface area contributed by atoms with E-state index in [1.807, 2.05) is 24.3 Å². The molecule has 0 unspecified atom stereocenters. The molecule has 1 aromatic heterocycles. The highest BCUT2D eigenvalue weighted by Gasteiger charge is 2.23. The third-order valence-electron chi connectivity index (χ3n) is 3.40. The number of hydrogen-bond donors (Lipinski definition) is 3. The summed E-state index contributed by atoms with van der Waals surface area (Å²) >= 11 is 0. The van der Waals surface area contributed by atoms with Crippen molar-refractivity contribution in [2.75, 3.05) is 18.0 Å². The number of hydrogen-bond acceptors (Lipinski definition) is 4. The van der Waals surface area contributed by atoms with E-state index < -0.39 is 17.2 Å². The van der Waals surface area contributed by atoms with Gasteiger partial charge in [-0.05, 0) is 11.6 Å². The van der Waals surface area contributed by atoms with Crippen LogP contribution in [0.3, 0.4) is 0 Å². The molecule has 1 aliphatic heterocycles. The summed E-state index contributed by atoms with van der Waals surface area (Å²) in [7, 11) is 0. The summed E-state index contributed by atoms with van der Waals surface area (Å²) in [4.78, 5) is 41.4. The van der Waals surface area contributed by atoms with Crippen molar-refractivity contribution in [1.29, 1.82) is 0 Å². The number of benzene rings is 1. The number of aromatic amines is 2. The molecule has 7 heteroatoms. The highest BCUT2D eigenvalue weighted by Crippen LogP contribution is 2.23. The number of amides is 1. The molecule has 108 valence electrons. The van der Waals surface area contributed by atoms with Gasteiger partial charge in [-0.25, -0.2) is 4.79 Å². The van der Waals surface area contributed by atoms with Gasteiger partial charge < -0.3 is 15.2 Å². The number of aromatic nitrogens is 2. The van der Waals surface area contributed by atoms with Gasteiger partial charge in [0.15, 0.2) is 0 Å². The average molecular weight is 286 g/mol. The first-order valence-corrected chi connectivity index (χ1v) is 6.59. The number of rotatable bonds is 1. The van der Waals surface area contributed by atoms with E-state index in [0.29, 0.717) is 19.6 Å². The molecule has 1 amide bonds. The van der Waals surface area contributed by atoms with E-state index in [4.69, 9.17) is 0 Å². The lowest BCUT2D eigenvalue weighted by Crippen LogP contribution is -2.39. The number of fused-ring (bicyclic) bond motifs is 1. The lowest BCUT2D eigenvalue weighted by atomic mass is 10.1. The fraction of sp³-hybridized carbons (Fsp3) is 0.214. The van der Waals surface area contributed by atoms with Gasteiger partial charge in [0.2, 0.25) is 0 Å². The highest BCUT2D eigenvalue weighted by molar-refractivity contribution is 6.06. The SMILES string of the molecule is O=C(c1c[nH]c(=O)[nH]c1=O)N1CCNCc2ccccc21. The van der Waals surface area contributed by atoms with Crippen molar-refractivity contribution in [2.45, 2.75) is 6.54 Å². The zero-order chi connectivity index (χ0) is 14.8. The van der Waals surface area contributed by atoms with Crippen LogP contribution in [0.4, 0.5) is 5.69 Å². The molecule has 21 heavy (non-hydrogen) atoms. The molecule has 3 N–H and O–H groups in total. The molecule has 0 spiro atoms. The number of carbonyl (C=O) groups is 1. The quantitative estimate of drug-likeness (QED) is 0.677. The zero-order valence-electron chi connectivity index (χ0n) is 11.2. The van der Waals surface area contributed by atoms with Crippen LogP contribution in [0.2, 0.25) is 0 Å². The van der Waals surface area contributed by atoms with Crippen molar-refractivity contribution in [3.63, 3.8) is 0 Å². The summed E-state index contributed by atoms with van der Waals surface area (Å²) < 4.78 is 0. The minimum absolute atomic E-state index is 0.0775. The minimum atomic E-state index is -0.682. The third-order valence-corrected chi connectivity index (χ3v) is 3.40. The van der Waals surface area contributed by atoms with Crippen molar-refractivity contribution in [3.8, 4) is 0 Å². The van der Waals surface area contributed by atoms with Crippen LogP contribution in [0.15, 0.2) is 40.1 Å². The van der Waals surface area contributed by atoms with E-state index in [2.05, 4.69) is 15.3 Å². The number of anilines is 1. The van der Waals surface area contributed by atoms with Gasteiger partial charge in [0.05, 0.1) is 0 Å². The topological polar surface area (TPSA) is 98.1 Å². The number of carbonyl (C=O) groups excluding carboxylic acids is 1. The standard InChI is InChI=1S/C14H14N4O3/c19-12-10(8-16-14(21)17-12)13(20)18-6-5-15-7-9-3-1-2-4-11(9)18/h1-4,8,15H,5-7H2,(H2,16,17,19,21). The van der Waals surface area contributed by atoms with Gasteiger partial charge in [-0.15, -0.1) is 0 Å². The van der Waals surface area contributed by atoms with E-state index in [1.54, 1.807) is 4.90 Å². The Morgan fingerprint density at radius 2 is 2.00 bits per heavy atom. The predicted octanol–water partition coefficient (Wildman–Crippen LogP) is -0.187. The maximum Gasteiger partial charge on any atom is 0.325 e. The lowest BCUT2D eigenvalue weighted by Gasteiger charge is -2.22. The van der Waals surface area contributed by atoms with E-state index in [9.17, 15) is 14.4 Å². The molecule has 1 aliphatic rings. The lowest BCUT2D eigenvalue weighted by molar-refractivity contribution is 0.0985. The van der Waals surface area contributed by atoms with Crippen molar-refractivity contribution < 1.29 is 4.79 Å². The van der Waals surface area contributed by atoms with Crippen molar-refractivity contribution >= 4 is 11.6 Å². The summed E-state index contributed by atoms with van der Waals surface area (Å²) in [6.07, 6.45) is 1.16. The second kappa shape index (κ2) is 5.37. The van der Waals surface area contributed by atoms with Gasteiger partial charge in [-0.3, -0.25) is 14.6 Å². The fourth-order valence-corrected chi connectivity index (χ4v) is 2.38. The molecule has 0 atom stereocenters. The van der Waals surface area contributed by atoms with E-state index in [0.717, 1.165) is 17.4 Å². The normalized spacial score (nSPS) is 14.4. The van der Waals surface area contributed by atoms with Crippen LogP contribution in [-0.4, -0.2) is 29.0 Å². The third kappa shape index (κ3) is 2.50. The molecular weight excluding hydrogens is 272 g/mol. The van der Waals surface area contributed by atoms with Crippen LogP contribution in [0.25, 0.3) is 0 Å². The molecule has 2 heterocycles. The second-order valence-corrected chi connectivity index (χ2v) is 4.75. The Morgan fingerprint density at radius 1 is 1.19 bits per heavy atom. The second-order valence-electron chi connectivity index (χ2n) is 4.75. The molecule has 0 aliphatic carbocycles. The molecule has 0 fully saturated rings. The van der Waals surface area contributed by atoms with Crippen LogP contribution in [0.1, 0.15) is 15.9 Å². The Labute approximate surface area is 119 Å². The van der Waals surface area contributed by atoms with Crippen LogP contribution in [0.5, 0.6) is 0 Å². The van der Waals surface area contributed by atoms with Crippen LogP contribution < -0.4 is 21.5 Å². The molecule has 3 rings (SSSR count). The van der Waals surface area contributed by atoms with Gasteiger partial charge in [0, 0.05) is 31.5 Å². The van der Waals surface area contributed by atoms with Crippen molar-refractivity contribution in [3.05, 3.63) is 62.4 Å². The minimum Gasteiger partial charge on any atom is -0.313 e. The molecule has 0 saturated heterocycles. The Hall–Kier alpha value is -2.67. The largest absolute Gasteiger partial charge is 0.325 e. The number of H-pyrrole nitrogens is 2. The molecule has 7 nitrogen and oxygen atoms in total. The fourth-order valence-electron chi connectivity index (χ4n) is 2.38. The first kappa shape index (κ1) is 13.3. The Kier molecular flexibility index (Phi) is 3.41. The van der Waals surface area contributed by atoms with Gasteiger partial charge in [-0.2, -0.15) is 0 Å². The summed E-state index contributed by atoms with van der Waals surface area (Å²) in [5, 5.41) is 3.23. The van der Waals surface area contributed by atoms with E-state index >= 15 is 0 Å². The van der Waals surface area contributed by atoms with Crippen LogP contribution in [-0.2, 0) is 6.54 Å². The number of para-hydroxylation sites is 1. The first-order chi connectivity index (χ1) is 10.2. The maximum atomic E-state index is 12.6. The predicted molar refractivity (Wildman–Crippen MR) is 77.5 cm³/mol. The molecule has 0 saturated carbocycles. The summed E-state index contributed by atoms with van der Waals surface area (Å²) in [5.74, 6) is -0.427. The first-order valence-electron chi connectivity index (χ1n) is 6.59. The van der Waals surface area contributed by atoms with Crippen molar-refractivity contribution in [1.82, 2.24) is 15.3 Å². The molecule has 2 aromatic rings. The van der Waals surface area contributed by atoms with Crippen LogP contribution in [0, 0.1) is 0 Å². The monoisotopic (exact) mass is 286 g/mol.